The molecule has 1 amide bonds. The number of aromatic nitrogens is 5. The number of hydrogen-bond donors (Lipinski definition) is 2. The number of aromatic amines is 1. The van der Waals surface area contributed by atoms with Gasteiger partial charge in [-0.3, -0.25) is 4.79 Å². The summed E-state index contributed by atoms with van der Waals surface area (Å²) >= 11 is 0. The number of hydrogen-bond acceptors (Lipinski definition) is 4. The van der Waals surface area contributed by atoms with Crippen LogP contribution in [0.25, 0.3) is 0 Å². The molecule has 0 aliphatic rings. The van der Waals surface area contributed by atoms with Gasteiger partial charge >= 0.3 is 0 Å². The highest BCUT2D eigenvalue weighted by atomic mass is 16.2. The molecule has 0 spiro atoms. The van der Waals surface area contributed by atoms with Gasteiger partial charge in [0.2, 0.25) is 5.91 Å². The minimum absolute atomic E-state index is 0.0963. The molecular weight excluding hydrogens is 220 g/mol. The molecule has 0 saturated heterocycles. The fourth-order valence-electron chi connectivity index (χ4n) is 1.54. The Morgan fingerprint density at radius 3 is 3.06 bits per heavy atom. The van der Waals surface area contributed by atoms with E-state index in [1.54, 1.807) is 18.6 Å². The average Bonchev–Trinajstić information content (AvgIpc) is 2.97. The van der Waals surface area contributed by atoms with Crippen molar-refractivity contribution in [2.45, 2.75) is 25.9 Å². The topological polar surface area (TPSA) is 88.5 Å². The van der Waals surface area contributed by atoms with Crippen molar-refractivity contribution in [2.75, 3.05) is 0 Å². The molecule has 2 aromatic heterocycles. The smallest absolute Gasteiger partial charge is 0.242 e. The second-order valence-electron chi connectivity index (χ2n) is 3.60. The fourth-order valence-corrected chi connectivity index (χ4v) is 1.54. The van der Waals surface area contributed by atoms with Gasteiger partial charge in [-0.25, -0.2) is 9.67 Å². The van der Waals surface area contributed by atoms with Crippen LogP contribution in [0, 0.1) is 0 Å². The highest BCUT2D eigenvalue weighted by Crippen LogP contribution is 2.10. The van der Waals surface area contributed by atoms with Crippen LogP contribution in [0.3, 0.4) is 0 Å². The zero-order chi connectivity index (χ0) is 12.1. The maximum Gasteiger partial charge on any atom is 0.242 e. The summed E-state index contributed by atoms with van der Waals surface area (Å²) < 4.78 is 1.48. The largest absolute Gasteiger partial charge is 0.347 e. The number of nitrogens with one attached hydrogen (secondary N) is 2. The van der Waals surface area contributed by atoms with E-state index >= 15 is 0 Å². The van der Waals surface area contributed by atoms with Crippen LogP contribution in [0.2, 0.25) is 0 Å². The second kappa shape index (κ2) is 5.24. The maximum absolute atomic E-state index is 11.7. The van der Waals surface area contributed by atoms with Gasteiger partial charge in [0.25, 0.3) is 0 Å². The van der Waals surface area contributed by atoms with Crippen LogP contribution in [-0.2, 0) is 11.3 Å². The number of nitrogens with zero attached hydrogens (tertiary/aromatic N) is 4. The summed E-state index contributed by atoms with van der Waals surface area (Å²) in [4.78, 5) is 18.9. The normalized spacial score (nSPS) is 12.3. The predicted octanol–water partition coefficient (Wildman–Crippen LogP) is 0.269. The van der Waals surface area contributed by atoms with E-state index in [0.717, 1.165) is 12.2 Å². The summed E-state index contributed by atoms with van der Waals surface area (Å²) in [6, 6.07) is -0.0963. The van der Waals surface area contributed by atoms with E-state index < -0.39 is 0 Å². The Labute approximate surface area is 98.2 Å². The van der Waals surface area contributed by atoms with Gasteiger partial charge in [0, 0.05) is 18.6 Å². The van der Waals surface area contributed by atoms with E-state index in [4.69, 9.17) is 0 Å². The van der Waals surface area contributed by atoms with Crippen LogP contribution in [0.15, 0.2) is 24.8 Å². The standard InChI is InChI=1S/C10H14N6O/c1-2-8(10-11-3-4-12-10)14-9(17)7-16-6-5-13-15-16/h3-6,8H,2,7H2,1H3,(H,11,12)(H,14,17). The van der Waals surface area contributed by atoms with Crippen molar-refractivity contribution in [1.82, 2.24) is 30.3 Å². The Morgan fingerprint density at radius 1 is 1.59 bits per heavy atom. The van der Waals surface area contributed by atoms with E-state index in [2.05, 4.69) is 25.6 Å². The molecule has 0 aliphatic heterocycles. The molecule has 7 nitrogen and oxygen atoms in total. The van der Waals surface area contributed by atoms with Crippen molar-refractivity contribution in [2.24, 2.45) is 0 Å². The number of imidazole rings is 1. The van der Waals surface area contributed by atoms with Crippen LogP contribution in [-0.4, -0.2) is 30.9 Å². The number of carbonyl (C=O) groups is 1. The lowest BCUT2D eigenvalue weighted by atomic mass is 10.2. The molecule has 0 bridgehead atoms. The molecule has 1 atom stereocenters. The van der Waals surface area contributed by atoms with E-state index in [1.165, 1.54) is 10.9 Å². The Kier molecular flexibility index (Phi) is 3.49. The quantitative estimate of drug-likeness (QED) is 0.777. The molecule has 1 unspecified atom stereocenters. The Morgan fingerprint density at radius 2 is 2.47 bits per heavy atom. The van der Waals surface area contributed by atoms with Crippen molar-refractivity contribution >= 4 is 5.91 Å². The molecule has 0 saturated carbocycles. The SMILES string of the molecule is CCC(NC(=O)Cn1ccnn1)c1ncc[nH]1. The maximum atomic E-state index is 11.7. The lowest BCUT2D eigenvalue weighted by molar-refractivity contribution is -0.122. The number of rotatable bonds is 5. The highest BCUT2D eigenvalue weighted by Gasteiger charge is 2.14. The van der Waals surface area contributed by atoms with E-state index in [0.29, 0.717) is 0 Å². The number of H-pyrrole nitrogens is 1. The van der Waals surface area contributed by atoms with Crippen molar-refractivity contribution < 1.29 is 4.79 Å². The first-order valence-electron chi connectivity index (χ1n) is 5.42. The Bertz CT molecular complexity index is 449. The average molecular weight is 234 g/mol. The highest BCUT2D eigenvalue weighted by molar-refractivity contribution is 5.75. The summed E-state index contributed by atoms with van der Waals surface area (Å²) in [7, 11) is 0. The van der Waals surface area contributed by atoms with Crippen molar-refractivity contribution in [3.8, 4) is 0 Å². The lowest BCUT2D eigenvalue weighted by Gasteiger charge is -2.14. The second-order valence-corrected chi connectivity index (χ2v) is 3.60. The molecule has 0 radical (unpaired) electrons. The number of carbonyl (C=O) groups excluding carboxylic acids is 1. The molecule has 0 fully saturated rings. The molecule has 17 heavy (non-hydrogen) atoms. The van der Waals surface area contributed by atoms with E-state index in [-0.39, 0.29) is 18.5 Å². The fraction of sp³-hybridized carbons (Fsp3) is 0.400. The number of amides is 1. The summed E-state index contributed by atoms with van der Waals surface area (Å²) in [6.45, 7) is 2.15. The van der Waals surface area contributed by atoms with Crippen LogP contribution in [0.1, 0.15) is 25.2 Å². The first-order valence-corrected chi connectivity index (χ1v) is 5.42. The van der Waals surface area contributed by atoms with Crippen molar-refractivity contribution in [3.05, 3.63) is 30.6 Å². The van der Waals surface area contributed by atoms with Crippen LogP contribution < -0.4 is 5.32 Å². The summed E-state index contributed by atoms with van der Waals surface area (Å²) in [5.74, 6) is 0.651. The molecule has 2 aromatic rings. The molecule has 2 heterocycles. The molecule has 2 N–H and O–H groups in total. The van der Waals surface area contributed by atoms with Crippen LogP contribution in [0.4, 0.5) is 0 Å². The van der Waals surface area contributed by atoms with Crippen LogP contribution >= 0.6 is 0 Å². The third kappa shape index (κ3) is 2.90. The zero-order valence-corrected chi connectivity index (χ0v) is 9.50. The van der Waals surface area contributed by atoms with Crippen LogP contribution in [0.5, 0.6) is 0 Å². The minimum atomic E-state index is -0.112. The van der Waals surface area contributed by atoms with Gasteiger partial charge in [0.15, 0.2) is 0 Å². The van der Waals surface area contributed by atoms with Gasteiger partial charge in [-0.15, -0.1) is 5.10 Å². The van der Waals surface area contributed by atoms with Gasteiger partial charge in [-0.1, -0.05) is 12.1 Å². The van der Waals surface area contributed by atoms with E-state index in [1.807, 2.05) is 6.92 Å². The summed E-state index contributed by atoms with van der Waals surface area (Å²) in [6.07, 6.45) is 7.37. The molecule has 7 heteroatoms. The predicted molar refractivity (Wildman–Crippen MR) is 59.8 cm³/mol. The lowest BCUT2D eigenvalue weighted by Crippen LogP contribution is -2.32. The third-order valence-corrected chi connectivity index (χ3v) is 2.37. The Balaban J connectivity index is 1.93. The summed E-state index contributed by atoms with van der Waals surface area (Å²) in [5, 5.41) is 10.3. The van der Waals surface area contributed by atoms with Crippen molar-refractivity contribution in [3.63, 3.8) is 0 Å². The first kappa shape index (κ1) is 11.3. The summed E-state index contributed by atoms with van der Waals surface area (Å²) in [5.41, 5.74) is 0. The van der Waals surface area contributed by atoms with Crippen molar-refractivity contribution in [1.29, 1.82) is 0 Å². The zero-order valence-electron chi connectivity index (χ0n) is 9.50. The van der Waals surface area contributed by atoms with Gasteiger partial charge in [-0.05, 0) is 6.42 Å². The van der Waals surface area contributed by atoms with E-state index in [9.17, 15) is 4.79 Å². The third-order valence-electron chi connectivity index (χ3n) is 2.37. The molecule has 2 rings (SSSR count). The van der Waals surface area contributed by atoms with Gasteiger partial charge in [0.05, 0.1) is 12.2 Å². The molecule has 0 aromatic carbocycles. The first-order chi connectivity index (χ1) is 8.29. The Hall–Kier alpha value is -2.18. The molecular formula is C10H14N6O. The molecule has 90 valence electrons. The molecule has 0 aliphatic carbocycles. The monoisotopic (exact) mass is 234 g/mol. The van der Waals surface area contributed by atoms with Gasteiger partial charge in [0.1, 0.15) is 12.4 Å². The van der Waals surface area contributed by atoms with Gasteiger partial charge < -0.3 is 10.3 Å². The van der Waals surface area contributed by atoms with Gasteiger partial charge in [-0.2, -0.15) is 0 Å². The minimum Gasteiger partial charge on any atom is -0.347 e.